The molecule has 0 spiro atoms. The topological polar surface area (TPSA) is 61.4 Å². The van der Waals surface area contributed by atoms with Crippen molar-refractivity contribution in [3.8, 4) is 0 Å². The van der Waals surface area contributed by atoms with Crippen LogP contribution in [0, 0.1) is 5.92 Å². The molecular formula is C16H31N3O2. The minimum atomic E-state index is -0.0358. The zero-order valence-electron chi connectivity index (χ0n) is 13.8. The molecule has 0 aliphatic carbocycles. The summed E-state index contributed by atoms with van der Waals surface area (Å²) >= 11 is 0. The van der Waals surface area contributed by atoms with Crippen LogP contribution in [0.3, 0.4) is 0 Å². The average molecular weight is 297 g/mol. The average Bonchev–Trinajstić information content (AvgIpc) is 2.48. The van der Waals surface area contributed by atoms with Crippen LogP contribution in [0.4, 0.5) is 0 Å². The first-order valence-corrected chi connectivity index (χ1v) is 8.31. The first-order valence-electron chi connectivity index (χ1n) is 8.31. The van der Waals surface area contributed by atoms with E-state index in [0.29, 0.717) is 13.0 Å². The van der Waals surface area contributed by atoms with Gasteiger partial charge in [-0.1, -0.05) is 13.3 Å². The number of amides is 2. The van der Waals surface area contributed by atoms with Crippen molar-refractivity contribution in [3.63, 3.8) is 0 Å². The Hall–Kier alpha value is -1.10. The monoisotopic (exact) mass is 297 g/mol. The Morgan fingerprint density at radius 1 is 1.19 bits per heavy atom. The molecule has 0 aromatic heterocycles. The Bertz CT molecular complexity index is 333. The fourth-order valence-electron chi connectivity index (χ4n) is 2.76. The molecule has 1 aliphatic rings. The van der Waals surface area contributed by atoms with Gasteiger partial charge in [0.1, 0.15) is 0 Å². The molecule has 5 nitrogen and oxygen atoms in total. The van der Waals surface area contributed by atoms with E-state index < -0.39 is 0 Å². The van der Waals surface area contributed by atoms with Gasteiger partial charge in [0.2, 0.25) is 11.8 Å². The van der Waals surface area contributed by atoms with E-state index in [4.69, 9.17) is 0 Å². The van der Waals surface area contributed by atoms with Crippen molar-refractivity contribution in [3.05, 3.63) is 0 Å². The Kier molecular flexibility index (Phi) is 8.35. The molecular weight excluding hydrogens is 266 g/mol. The molecule has 1 rings (SSSR count). The molecule has 1 aliphatic heterocycles. The number of unbranched alkanes of at least 4 members (excludes halogenated alkanes) is 1. The second-order valence-corrected chi connectivity index (χ2v) is 6.02. The quantitative estimate of drug-likeness (QED) is 0.668. The van der Waals surface area contributed by atoms with Gasteiger partial charge in [0.05, 0.1) is 5.92 Å². The summed E-state index contributed by atoms with van der Waals surface area (Å²) in [6.45, 7) is 6.38. The van der Waals surface area contributed by atoms with Crippen molar-refractivity contribution >= 4 is 11.8 Å². The van der Waals surface area contributed by atoms with Crippen molar-refractivity contribution in [2.75, 3.05) is 26.7 Å². The SMILES string of the molecule is CCCCNC(=O)C1CCC(C)N(C(=O)CCCNC)C1. The van der Waals surface area contributed by atoms with Gasteiger partial charge in [0.25, 0.3) is 0 Å². The van der Waals surface area contributed by atoms with Crippen molar-refractivity contribution in [2.24, 2.45) is 5.92 Å². The molecule has 122 valence electrons. The maximum atomic E-state index is 12.3. The maximum absolute atomic E-state index is 12.3. The molecule has 0 aromatic rings. The molecule has 2 unspecified atom stereocenters. The number of carbonyl (C=O) groups excluding carboxylic acids is 2. The summed E-state index contributed by atoms with van der Waals surface area (Å²) in [5.41, 5.74) is 0. The summed E-state index contributed by atoms with van der Waals surface area (Å²) in [5.74, 6) is 0.262. The summed E-state index contributed by atoms with van der Waals surface area (Å²) in [6.07, 6.45) is 5.32. The highest BCUT2D eigenvalue weighted by molar-refractivity contribution is 5.81. The number of nitrogens with zero attached hydrogens (tertiary/aromatic N) is 1. The first-order chi connectivity index (χ1) is 10.1. The van der Waals surface area contributed by atoms with Gasteiger partial charge in [-0.3, -0.25) is 9.59 Å². The first kappa shape index (κ1) is 18.0. The van der Waals surface area contributed by atoms with Crippen LogP contribution in [0.5, 0.6) is 0 Å². The van der Waals surface area contributed by atoms with E-state index in [0.717, 1.165) is 45.2 Å². The molecule has 0 aromatic carbocycles. The van der Waals surface area contributed by atoms with E-state index in [9.17, 15) is 9.59 Å². The molecule has 5 heteroatoms. The lowest BCUT2D eigenvalue weighted by Gasteiger charge is -2.37. The third-order valence-electron chi connectivity index (χ3n) is 4.22. The molecule has 0 saturated carbocycles. The van der Waals surface area contributed by atoms with Crippen LogP contribution < -0.4 is 10.6 Å². The predicted octanol–water partition coefficient (Wildman–Crippen LogP) is 1.53. The van der Waals surface area contributed by atoms with Gasteiger partial charge in [-0.05, 0) is 46.2 Å². The Balaban J connectivity index is 2.45. The summed E-state index contributed by atoms with van der Waals surface area (Å²) in [7, 11) is 1.89. The summed E-state index contributed by atoms with van der Waals surface area (Å²) in [4.78, 5) is 26.3. The highest BCUT2D eigenvalue weighted by Crippen LogP contribution is 2.23. The number of carbonyl (C=O) groups is 2. The minimum absolute atomic E-state index is 0.0358. The maximum Gasteiger partial charge on any atom is 0.224 e. The van der Waals surface area contributed by atoms with Crippen molar-refractivity contribution in [2.45, 2.75) is 58.4 Å². The lowest BCUT2D eigenvalue weighted by molar-refractivity contribution is -0.138. The summed E-state index contributed by atoms with van der Waals surface area (Å²) < 4.78 is 0. The van der Waals surface area contributed by atoms with E-state index in [1.165, 1.54) is 0 Å². The van der Waals surface area contributed by atoms with Gasteiger partial charge >= 0.3 is 0 Å². The molecule has 2 N–H and O–H groups in total. The van der Waals surface area contributed by atoms with Gasteiger partial charge in [0.15, 0.2) is 0 Å². The van der Waals surface area contributed by atoms with Crippen LogP contribution in [0.25, 0.3) is 0 Å². The number of piperidine rings is 1. The van der Waals surface area contributed by atoms with Crippen LogP contribution in [-0.2, 0) is 9.59 Å². The molecule has 1 fully saturated rings. The highest BCUT2D eigenvalue weighted by Gasteiger charge is 2.31. The van der Waals surface area contributed by atoms with Crippen molar-refractivity contribution in [1.29, 1.82) is 0 Å². The molecule has 0 bridgehead atoms. The van der Waals surface area contributed by atoms with Gasteiger partial charge < -0.3 is 15.5 Å². The smallest absolute Gasteiger partial charge is 0.224 e. The van der Waals surface area contributed by atoms with Crippen LogP contribution in [0.15, 0.2) is 0 Å². The Labute approximate surface area is 128 Å². The summed E-state index contributed by atoms with van der Waals surface area (Å²) in [5, 5.41) is 6.05. The molecule has 2 amide bonds. The van der Waals surface area contributed by atoms with Crippen LogP contribution in [0.2, 0.25) is 0 Å². The third kappa shape index (κ3) is 6.04. The van der Waals surface area contributed by atoms with E-state index in [1.807, 2.05) is 11.9 Å². The standard InChI is InChI=1S/C16H31N3O2/c1-4-5-11-18-16(21)14-9-8-13(2)19(12-14)15(20)7-6-10-17-3/h13-14,17H,4-12H2,1-3H3,(H,18,21). The lowest BCUT2D eigenvalue weighted by atomic mass is 9.92. The lowest BCUT2D eigenvalue weighted by Crippen LogP contribution is -2.49. The zero-order valence-corrected chi connectivity index (χ0v) is 13.8. The van der Waals surface area contributed by atoms with Gasteiger partial charge in [-0.15, -0.1) is 0 Å². The van der Waals surface area contributed by atoms with Gasteiger partial charge in [0, 0.05) is 25.6 Å². The Morgan fingerprint density at radius 3 is 2.62 bits per heavy atom. The van der Waals surface area contributed by atoms with Crippen molar-refractivity contribution < 1.29 is 9.59 Å². The van der Waals surface area contributed by atoms with Crippen LogP contribution in [0.1, 0.15) is 52.4 Å². The number of nitrogens with one attached hydrogen (secondary N) is 2. The fraction of sp³-hybridized carbons (Fsp3) is 0.875. The highest BCUT2D eigenvalue weighted by atomic mass is 16.2. The normalized spacial score (nSPS) is 22.1. The molecule has 2 atom stereocenters. The van der Waals surface area contributed by atoms with E-state index >= 15 is 0 Å². The molecule has 1 heterocycles. The largest absolute Gasteiger partial charge is 0.356 e. The number of hydrogen-bond acceptors (Lipinski definition) is 3. The fourth-order valence-corrected chi connectivity index (χ4v) is 2.76. The van der Waals surface area contributed by atoms with E-state index in [1.54, 1.807) is 0 Å². The third-order valence-corrected chi connectivity index (χ3v) is 4.22. The van der Waals surface area contributed by atoms with E-state index in [-0.39, 0.29) is 23.8 Å². The number of rotatable bonds is 8. The van der Waals surface area contributed by atoms with Crippen molar-refractivity contribution in [1.82, 2.24) is 15.5 Å². The van der Waals surface area contributed by atoms with E-state index in [2.05, 4.69) is 24.5 Å². The molecule has 1 saturated heterocycles. The predicted molar refractivity (Wildman–Crippen MR) is 85.0 cm³/mol. The van der Waals surface area contributed by atoms with Gasteiger partial charge in [-0.25, -0.2) is 0 Å². The second-order valence-electron chi connectivity index (χ2n) is 6.02. The van der Waals surface area contributed by atoms with Gasteiger partial charge in [-0.2, -0.15) is 0 Å². The molecule has 0 radical (unpaired) electrons. The number of likely N-dealkylation sites (tertiary alicyclic amines) is 1. The summed E-state index contributed by atoms with van der Waals surface area (Å²) in [6, 6.07) is 0.256. The zero-order chi connectivity index (χ0) is 15.7. The second kappa shape index (κ2) is 9.77. The molecule has 21 heavy (non-hydrogen) atoms. The van der Waals surface area contributed by atoms with Crippen LogP contribution in [-0.4, -0.2) is 49.4 Å². The van der Waals surface area contributed by atoms with Crippen LogP contribution >= 0.6 is 0 Å². The number of hydrogen-bond donors (Lipinski definition) is 2. The Morgan fingerprint density at radius 2 is 1.95 bits per heavy atom. The minimum Gasteiger partial charge on any atom is -0.356 e.